The molecular weight excluding hydrogens is 634 g/mol. The summed E-state index contributed by atoms with van der Waals surface area (Å²) in [6.07, 6.45) is -0.322. The molecule has 0 unspecified atom stereocenters. The van der Waals surface area contributed by atoms with Crippen LogP contribution in [0.25, 0.3) is 0 Å². The molecule has 0 aromatic carbocycles. The Morgan fingerprint density at radius 1 is 0.531 bits per heavy atom. The molecule has 0 aliphatic carbocycles. The smallest absolute Gasteiger partial charge is 0.323 e. The van der Waals surface area contributed by atoms with Crippen molar-refractivity contribution >= 4 is 29.8 Å². The highest BCUT2D eigenvalue weighted by Crippen LogP contribution is 2.19. The van der Waals surface area contributed by atoms with Gasteiger partial charge in [-0.25, -0.2) is 0 Å². The molecule has 0 spiro atoms. The van der Waals surface area contributed by atoms with Crippen molar-refractivity contribution in [2.45, 2.75) is 145 Å². The van der Waals surface area contributed by atoms with E-state index in [9.17, 15) is 29.1 Å². The molecule has 286 valence electrons. The molecule has 13 heteroatoms. The van der Waals surface area contributed by atoms with Crippen LogP contribution in [0.3, 0.4) is 0 Å². The molecule has 0 fully saturated rings. The average Bonchev–Trinajstić information content (AvgIpc) is 2.78. The average molecular weight is 702 g/mol. The zero-order chi connectivity index (χ0) is 38.6. The molecule has 13 nitrogen and oxygen atoms in total. The highest BCUT2D eigenvalue weighted by molar-refractivity contribution is 5.77. The second-order valence-electron chi connectivity index (χ2n) is 17.8. The molecule has 1 N–H and O–H groups in total. The van der Waals surface area contributed by atoms with Gasteiger partial charge in [-0.1, -0.05) is 20.8 Å². The quantitative estimate of drug-likeness (QED) is 0.157. The van der Waals surface area contributed by atoms with Gasteiger partial charge in [0.15, 0.2) is 0 Å². The number of rotatable bonds is 18. The lowest BCUT2D eigenvalue weighted by atomic mass is 9.96. The van der Waals surface area contributed by atoms with Crippen molar-refractivity contribution in [3.63, 3.8) is 0 Å². The number of carbonyl (C=O) groups is 5. The predicted molar refractivity (Wildman–Crippen MR) is 188 cm³/mol. The SMILES string of the molecule is CC(C)(C)CN(CCN(CCN(CC(=O)OC(C)(C)C)CC(=O)OC(C)(C)C)[C@@H](CCC(=O)O)C(=O)OC(C)(C)C)CC(=O)OC(C)(C)C. The first-order valence-corrected chi connectivity index (χ1v) is 17.1. The molecule has 0 rings (SSSR count). The third-order valence-corrected chi connectivity index (χ3v) is 6.17. The van der Waals surface area contributed by atoms with Gasteiger partial charge in [-0.05, 0) is 94.9 Å². The molecule has 0 radical (unpaired) electrons. The van der Waals surface area contributed by atoms with Gasteiger partial charge in [0.2, 0.25) is 0 Å². The number of carbonyl (C=O) groups excluding carboxylic acids is 4. The molecule has 0 bridgehead atoms. The van der Waals surface area contributed by atoms with Crippen LogP contribution in [0, 0.1) is 5.41 Å². The van der Waals surface area contributed by atoms with E-state index in [0.29, 0.717) is 13.1 Å². The summed E-state index contributed by atoms with van der Waals surface area (Å²) in [6, 6.07) is -0.960. The van der Waals surface area contributed by atoms with Gasteiger partial charge in [-0.2, -0.15) is 0 Å². The van der Waals surface area contributed by atoms with Gasteiger partial charge >= 0.3 is 29.8 Å². The van der Waals surface area contributed by atoms with Crippen LogP contribution in [0.5, 0.6) is 0 Å². The van der Waals surface area contributed by atoms with Crippen molar-refractivity contribution in [2.75, 3.05) is 52.4 Å². The molecular formula is C36H67N3O10. The van der Waals surface area contributed by atoms with Crippen LogP contribution in [-0.4, -0.2) is 130 Å². The maximum Gasteiger partial charge on any atom is 0.323 e. The van der Waals surface area contributed by atoms with E-state index in [4.69, 9.17) is 18.9 Å². The Bertz CT molecular complexity index is 1060. The molecule has 0 aliphatic rings. The second-order valence-corrected chi connectivity index (χ2v) is 17.8. The number of esters is 4. The van der Waals surface area contributed by atoms with Crippen LogP contribution in [0.4, 0.5) is 0 Å². The van der Waals surface area contributed by atoms with Gasteiger partial charge < -0.3 is 24.1 Å². The Morgan fingerprint density at radius 3 is 1.20 bits per heavy atom. The normalized spacial score (nSPS) is 13.8. The highest BCUT2D eigenvalue weighted by Gasteiger charge is 2.33. The fourth-order valence-corrected chi connectivity index (χ4v) is 4.81. The third-order valence-electron chi connectivity index (χ3n) is 6.17. The van der Waals surface area contributed by atoms with E-state index < -0.39 is 58.3 Å². The van der Waals surface area contributed by atoms with Crippen LogP contribution >= 0.6 is 0 Å². The molecule has 0 saturated carbocycles. The molecule has 0 aliphatic heterocycles. The van der Waals surface area contributed by atoms with Crippen molar-refractivity contribution in [1.82, 2.24) is 14.7 Å². The lowest BCUT2D eigenvalue weighted by Gasteiger charge is -2.36. The molecule has 0 heterocycles. The Morgan fingerprint density at radius 2 is 0.878 bits per heavy atom. The zero-order valence-corrected chi connectivity index (χ0v) is 33.1. The number of aliphatic carboxylic acids is 1. The first kappa shape index (κ1) is 46.2. The fraction of sp³-hybridized carbons (Fsp3) is 0.861. The van der Waals surface area contributed by atoms with Gasteiger partial charge in [0, 0.05) is 39.1 Å². The Kier molecular flexibility index (Phi) is 17.9. The lowest BCUT2D eigenvalue weighted by molar-refractivity contribution is -0.164. The van der Waals surface area contributed by atoms with Crippen molar-refractivity contribution in [3.8, 4) is 0 Å². The Hall–Kier alpha value is -2.77. The lowest BCUT2D eigenvalue weighted by Crippen LogP contribution is -2.52. The zero-order valence-electron chi connectivity index (χ0n) is 33.1. The number of nitrogens with zero attached hydrogens (tertiary/aromatic N) is 3. The standard InChI is InChI=1S/C36H67N3O10/c1-32(2,3)25-38(24-30(44)48-35(10,11)12)19-21-39(26(16-17-27(40)41)31(45)49-36(13,14)15)20-18-37(22-28(42)46-33(4,5)6)23-29(43)47-34(7,8)9/h26H,16-25H2,1-15H3,(H,40,41)/t26-/m0/s1. The van der Waals surface area contributed by atoms with Crippen molar-refractivity contribution in [2.24, 2.45) is 5.41 Å². The summed E-state index contributed by atoms with van der Waals surface area (Å²) in [5.41, 5.74) is -3.17. The Balaban J connectivity index is 6.60. The van der Waals surface area contributed by atoms with Crippen molar-refractivity contribution < 1.29 is 48.0 Å². The Labute approximate surface area is 295 Å². The molecule has 0 aromatic heterocycles. The summed E-state index contributed by atoms with van der Waals surface area (Å²) in [5.74, 6) is -3.12. The largest absolute Gasteiger partial charge is 0.481 e. The van der Waals surface area contributed by atoms with Crippen LogP contribution in [0.15, 0.2) is 0 Å². The summed E-state index contributed by atoms with van der Waals surface area (Å²) in [4.78, 5) is 69.3. The van der Waals surface area contributed by atoms with E-state index in [1.54, 1.807) is 92.9 Å². The summed E-state index contributed by atoms with van der Waals surface area (Å²) >= 11 is 0. The fourth-order valence-electron chi connectivity index (χ4n) is 4.81. The topological polar surface area (TPSA) is 152 Å². The minimum absolute atomic E-state index is 0.0119. The predicted octanol–water partition coefficient (Wildman–Crippen LogP) is 4.54. The van der Waals surface area contributed by atoms with Gasteiger partial charge in [0.05, 0.1) is 19.6 Å². The molecule has 0 saturated heterocycles. The van der Waals surface area contributed by atoms with Crippen molar-refractivity contribution in [1.29, 1.82) is 0 Å². The van der Waals surface area contributed by atoms with E-state index in [1.807, 2.05) is 4.90 Å². The minimum Gasteiger partial charge on any atom is -0.481 e. The second kappa shape index (κ2) is 19.0. The number of hydrogen-bond acceptors (Lipinski definition) is 12. The molecule has 0 aromatic rings. The first-order valence-electron chi connectivity index (χ1n) is 17.1. The van der Waals surface area contributed by atoms with Crippen LogP contribution in [-0.2, 0) is 42.9 Å². The summed E-state index contributed by atoms with van der Waals surface area (Å²) in [6.45, 7) is 28.2. The summed E-state index contributed by atoms with van der Waals surface area (Å²) < 4.78 is 22.4. The van der Waals surface area contributed by atoms with E-state index in [0.717, 1.165) is 0 Å². The van der Waals surface area contributed by atoms with E-state index in [-0.39, 0.29) is 57.5 Å². The number of hydrogen-bond donors (Lipinski definition) is 1. The summed E-state index contributed by atoms with van der Waals surface area (Å²) in [7, 11) is 0. The number of ether oxygens (including phenoxy) is 4. The maximum atomic E-state index is 13.6. The number of carboxylic acid groups (broad SMARTS) is 1. The first-order chi connectivity index (χ1) is 21.8. The maximum absolute atomic E-state index is 13.6. The van der Waals surface area contributed by atoms with Gasteiger partial charge in [-0.3, -0.25) is 38.7 Å². The minimum atomic E-state index is -1.07. The van der Waals surface area contributed by atoms with Gasteiger partial charge in [0.25, 0.3) is 0 Å². The monoisotopic (exact) mass is 701 g/mol. The van der Waals surface area contributed by atoms with Gasteiger partial charge in [0.1, 0.15) is 28.4 Å². The molecule has 1 atom stereocenters. The molecule has 0 amide bonds. The highest BCUT2D eigenvalue weighted by atomic mass is 16.6. The van der Waals surface area contributed by atoms with Gasteiger partial charge in [-0.15, -0.1) is 0 Å². The number of carboxylic acids is 1. The molecule has 49 heavy (non-hydrogen) atoms. The third kappa shape index (κ3) is 25.8. The van der Waals surface area contributed by atoms with Crippen LogP contribution in [0.1, 0.15) is 117 Å². The van der Waals surface area contributed by atoms with Crippen LogP contribution in [0.2, 0.25) is 0 Å². The van der Waals surface area contributed by atoms with E-state index in [1.165, 1.54) is 0 Å². The van der Waals surface area contributed by atoms with Crippen molar-refractivity contribution in [3.05, 3.63) is 0 Å². The van der Waals surface area contributed by atoms with E-state index in [2.05, 4.69) is 20.8 Å². The van der Waals surface area contributed by atoms with E-state index >= 15 is 0 Å². The summed E-state index contributed by atoms with van der Waals surface area (Å²) in [5, 5.41) is 9.56. The van der Waals surface area contributed by atoms with Crippen LogP contribution < -0.4 is 0 Å².